The van der Waals surface area contributed by atoms with E-state index < -0.39 is 0 Å². The molecule has 0 aromatic carbocycles. The van der Waals surface area contributed by atoms with Crippen molar-refractivity contribution < 1.29 is 0 Å². The van der Waals surface area contributed by atoms with Gasteiger partial charge < -0.3 is 4.98 Å². The summed E-state index contributed by atoms with van der Waals surface area (Å²) >= 11 is 0. The normalized spacial score (nSPS) is 7.33. The van der Waals surface area contributed by atoms with Gasteiger partial charge in [0.25, 0.3) is 0 Å². The lowest BCUT2D eigenvalue weighted by atomic mass is 10.5. The monoisotopic (exact) mass is 162 g/mol. The molecule has 0 aliphatic carbocycles. The van der Waals surface area contributed by atoms with Gasteiger partial charge in [-0.25, -0.2) is 0 Å². The third-order valence-electron chi connectivity index (χ3n) is 1.06. The summed E-state index contributed by atoms with van der Waals surface area (Å²) in [6, 6.07) is 9.60. The predicted octanol–water partition coefficient (Wildman–Crippen LogP) is 2.73. The SMILES string of the molecule is C.c1cc[nH]c1.c1ccncc1. The van der Waals surface area contributed by atoms with E-state index in [2.05, 4.69) is 9.97 Å². The van der Waals surface area contributed by atoms with E-state index in [4.69, 9.17) is 0 Å². The summed E-state index contributed by atoms with van der Waals surface area (Å²) in [5.74, 6) is 0. The quantitative estimate of drug-likeness (QED) is 0.634. The highest BCUT2D eigenvalue weighted by atomic mass is 14.6. The van der Waals surface area contributed by atoms with Gasteiger partial charge in [-0.1, -0.05) is 13.5 Å². The number of aromatic nitrogens is 2. The third kappa shape index (κ3) is 5.23. The standard InChI is InChI=1S/C5H5N.C4H5N.CH4/c1-2-4-6-5-3-1;1-2-4-5-3-1;/h1-5H;1-5H;1H4. The number of rotatable bonds is 0. The number of pyridine rings is 1. The smallest absolute Gasteiger partial charge is 0.0267 e. The molecule has 2 rings (SSSR count). The average Bonchev–Trinajstić information content (AvgIpc) is 2.64. The first-order chi connectivity index (χ1) is 5.50. The van der Waals surface area contributed by atoms with Gasteiger partial charge in [0.05, 0.1) is 0 Å². The zero-order valence-electron chi connectivity index (χ0n) is 6.14. The fraction of sp³-hybridized carbons (Fsp3) is 0.100. The fourth-order valence-electron chi connectivity index (χ4n) is 0.590. The fourth-order valence-corrected chi connectivity index (χ4v) is 0.590. The molecule has 12 heavy (non-hydrogen) atoms. The van der Waals surface area contributed by atoms with E-state index in [0.29, 0.717) is 0 Å². The molecule has 0 bridgehead atoms. The molecule has 1 N–H and O–H groups in total. The van der Waals surface area contributed by atoms with E-state index in [-0.39, 0.29) is 7.43 Å². The highest BCUT2D eigenvalue weighted by Crippen LogP contribution is 1.73. The highest BCUT2D eigenvalue weighted by molar-refractivity contribution is 4.88. The number of hydrogen-bond acceptors (Lipinski definition) is 1. The molecule has 0 saturated heterocycles. The first kappa shape index (κ1) is 10.4. The van der Waals surface area contributed by atoms with Gasteiger partial charge in [0.2, 0.25) is 0 Å². The lowest BCUT2D eigenvalue weighted by Gasteiger charge is -1.70. The molecule has 64 valence electrons. The molecule has 2 heterocycles. The summed E-state index contributed by atoms with van der Waals surface area (Å²) in [6.07, 6.45) is 7.25. The molecule has 0 aliphatic rings. The maximum absolute atomic E-state index is 3.78. The Hall–Kier alpha value is -1.57. The van der Waals surface area contributed by atoms with Gasteiger partial charge in [-0.15, -0.1) is 0 Å². The third-order valence-corrected chi connectivity index (χ3v) is 1.06. The second-order valence-electron chi connectivity index (χ2n) is 1.91. The van der Waals surface area contributed by atoms with Crippen molar-refractivity contribution in [2.75, 3.05) is 0 Å². The second kappa shape index (κ2) is 7.54. The minimum Gasteiger partial charge on any atom is -0.368 e. The Bertz CT molecular complexity index is 194. The summed E-state index contributed by atoms with van der Waals surface area (Å²) < 4.78 is 0. The molecule has 0 aliphatic heterocycles. The molecule has 2 aromatic heterocycles. The molecule has 0 radical (unpaired) electrons. The van der Waals surface area contributed by atoms with E-state index in [1.165, 1.54) is 0 Å². The average molecular weight is 162 g/mol. The first-order valence-electron chi connectivity index (χ1n) is 3.43. The van der Waals surface area contributed by atoms with Gasteiger partial charge in [-0.2, -0.15) is 0 Å². The van der Waals surface area contributed by atoms with Crippen molar-refractivity contribution in [3.05, 3.63) is 55.1 Å². The van der Waals surface area contributed by atoms with Crippen molar-refractivity contribution in [3.8, 4) is 0 Å². The Balaban J connectivity index is 0.000000189. The maximum atomic E-state index is 3.78. The van der Waals surface area contributed by atoms with Crippen molar-refractivity contribution in [3.63, 3.8) is 0 Å². The zero-order valence-corrected chi connectivity index (χ0v) is 6.14. The van der Waals surface area contributed by atoms with Crippen LogP contribution < -0.4 is 0 Å². The van der Waals surface area contributed by atoms with E-state index >= 15 is 0 Å². The van der Waals surface area contributed by atoms with Crippen LogP contribution in [0.3, 0.4) is 0 Å². The summed E-state index contributed by atoms with van der Waals surface area (Å²) in [4.78, 5) is 6.65. The van der Waals surface area contributed by atoms with Crippen LogP contribution in [0.5, 0.6) is 0 Å². The van der Waals surface area contributed by atoms with Crippen molar-refractivity contribution in [2.45, 2.75) is 7.43 Å². The molecule has 0 amide bonds. The van der Waals surface area contributed by atoms with Crippen LogP contribution in [0.1, 0.15) is 7.43 Å². The highest BCUT2D eigenvalue weighted by Gasteiger charge is 1.58. The molecule has 0 saturated carbocycles. The Morgan fingerprint density at radius 3 is 1.50 bits per heavy atom. The number of nitrogens with one attached hydrogen (secondary N) is 1. The Labute approximate surface area is 73.3 Å². The lowest BCUT2D eigenvalue weighted by molar-refractivity contribution is 1.33. The molecular weight excluding hydrogens is 148 g/mol. The number of aromatic amines is 1. The Morgan fingerprint density at radius 1 is 0.750 bits per heavy atom. The van der Waals surface area contributed by atoms with Crippen LogP contribution in [0, 0.1) is 0 Å². The predicted molar refractivity (Wildman–Crippen MR) is 51.8 cm³/mol. The lowest BCUT2D eigenvalue weighted by Crippen LogP contribution is -1.58. The summed E-state index contributed by atoms with van der Waals surface area (Å²) in [7, 11) is 0. The van der Waals surface area contributed by atoms with Crippen LogP contribution >= 0.6 is 0 Å². The van der Waals surface area contributed by atoms with Crippen molar-refractivity contribution in [1.29, 1.82) is 0 Å². The largest absolute Gasteiger partial charge is 0.368 e. The number of hydrogen-bond donors (Lipinski definition) is 1. The first-order valence-corrected chi connectivity index (χ1v) is 3.43. The van der Waals surface area contributed by atoms with E-state index in [1.54, 1.807) is 12.4 Å². The Kier molecular flexibility index (Phi) is 6.55. The van der Waals surface area contributed by atoms with Crippen LogP contribution in [-0.4, -0.2) is 9.97 Å². The van der Waals surface area contributed by atoms with Crippen molar-refractivity contribution in [2.24, 2.45) is 0 Å². The molecule has 0 fully saturated rings. The van der Waals surface area contributed by atoms with Gasteiger partial charge in [0.15, 0.2) is 0 Å². The van der Waals surface area contributed by atoms with Crippen LogP contribution in [0.4, 0.5) is 0 Å². The molecule has 2 heteroatoms. The van der Waals surface area contributed by atoms with Gasteiger partial charge in [0.1, 0.15) is 0 Å². The van der Waals surface area contributed by atoms with Crippen LogP contribution in [0.25, 0.3) is 0 Å². The topological polar surface area (TPSA) is 28.7 Å². The van der Waals surface area contributed by atoms with Crippen LogP contribution in [0.15, 0.2) is 55.1 Å². The molecule has 0 atom stereocenters. The van der Waals surface area contributed by atoms with E-state index in [0.717, 1.165) is 0 Å². The summed E-state index contributed by atoms with van der Waals surface area (Å²) in [5.41, 5.74) is 0. The molecule has 0 spiro atoms. The van der Waals surface area contributed by atoms with Crippen molar-refractivity contribution >= 4 is 0 Å². The maximum Gasteiger partial charge on any atom is 0.0267 e. The summed E-state index contributed by atoms with van der Waals surface area (Å²) in [6.45, 7) is 0. The van der Waals surface area contributed by atoms with E-state index in [9.17, 15) is 0 Å². The Morgan fingerprint density at radius 2 is 1.33 bits per heavy atom. The van der Waals surface area contributed by atoms with Crippen molar-refractivity contribution in [1.82, 2.24) is 9.97 Å². The van der Waals surface area contributed by atoms with Crippen LogP contribution in [0.2, 0.25) is 0 Å². The molecule has 2 nitrogen and oxygen atoms in total. The minimum absolute atomic E-state index is 0. The van der Waals surface area contributed by atoms with Gasteiger partial charge in [-0.3, -0.25) is 4.98 Å². The summed E-state index contributed by atoms with van der Waals surface area (Å²) in [5, 5.41) is 0. The zero-order chi connectivity index (χ0) is 7.78. The number of H-pyrrole nitrogens is 1. The number of nitrogens with zero attached hydrogens (tertiary/aromatic N) is 1. The molecule has 2 aromatic rings. The van der Waals surface area contributed by atoms with Gasteiger partial charge in [0, 0.05) is 24.8 Å². The van der Waals surface area contributed by atoms with Gasteiger partial charge in [-0.05, 0) is 24.3 Å². The molecular formula is C10H14N2. The van der Waals surface area contributed by atoms with E-state index in [1.807, 2.05) is 42.7 Å². The minimum atomic E-state index is 0. The second-order valence-corrected chi connectivity index (χ2v) is 1.91. The van der Waals surface area contributed by atoms with Crippen LogP contribution in [-0.2, 0) is 0 Å². The molecule has 0 unspecified atom stereocenters. The van der Waals surface area contributed by atoms with Gasteiger partial charge >= 0.3 is 0 Å².